The van der Waals surface area contributed by atoms with Gasteiger partial charge in [-0.2, -0.15) is 0 Å². The van der Waals surface area contributed by atoms with Crippen LogP contribution >= 0.6 is 0 Å². The molecular weight excluding hydrogens is 290 g/mol. The monoisotopic (exact) mass is 307 g/mol. The van der Waals surface area contributed by atoms with Crippen molar-refractivity contribution in [2.75, 3.05) is 0 Å². The SMILES string of the molecule is CCc1ccc(-c2cn(-c3ccc(CC(=O)O)cc3)nn2)cc1. The molecule has 2 aromatic carbocycles. The van der Waals surface area contributed by atoms with E-state index in [1.807, 2.05) is 30.5 Å². The Hall–Kier alpha value is -2.95. The Morgan fingerprint density at radius 1 is 1.04 bits per heavy atom. The molecule has 5 heteroatoms. The Bertz CT molecular complexity index is 805. The average Bonchev–Trinajstić information content (AvgIpc) is 3.05. The second-order valence-electron chi connectivity index (χ2n) is 5.34. The standard InChI is InChI=1S/C18H17N3O2/c1-2-13-3-7-15(8-4-13)17-12-21(20-19-17)16-9-5-14(6-10-16)11-18(22)23/h3-10,12H,2,11H2,1H3,(H,22,23). The third-order valence-electron chi connectivity index (χ3n) is 3.71. The van der Waals surface area contributed by atoms with E-state index in [1.165, 1.54) is 5.56 Å². The van der Waals surface area contributed by atoms with Gasteiger partial charge in [0.25, 0.3) is 0 Å². The number of aliphatic carboxylic acids is 1. The Labute approximate surface area is 134 Å². The molecule has 116 valence electrons. The smallest absolute Gasteiger partial charge is 0.307 e. The number of aromatic nitrogens is 3. The van der Waals surface area contributed by atoms with E-state index in [9.17, 15) is 4.79 Å². The first-order chi connectivity index (χ1) is 11.2. The van der Waals surface area contributed by atoms with Crippen molar-refractivity contribution in [1.29, 1.82) is 0 Å². The van der Waals surface area contributed by atoms with Crippen molar-refractivity contribution in [2.24, 2.45) is 0 Å². The highest BCUT2D eigenvalue weighted by Gasteiger charge is 2.06. The van der Waals surface area contributed by atoms with Crippen LogP contribution in [0.3, 0.4) is 0 Å². The number of carboxylic acids is 1. The fourth-order valence-electron chi connectivity index (χ4n) is 2.37. The molecule has 5 nitrogen and oxygen atoms in total. The molecule has 0 amide bonds. The molecule has 3 aromatic rings. The van der Waals surface area contributed by atoms with Gasteiger partial charge in [-0.15, -0.1) is 5.10 Å². The van der Waals surface area contributed by atoms with E-state index in [1.54, 1.807) is 16.8 Å². The molecule has 23 heavy (non-hydrogen) atoms. The quantitative estimate of drug-likeness (QED) is 0.786. The fourth-order valence-corrected chi connectivity index (χ4v) is 2.37. The predicted molar refractivity (Wildman–Crippen MR) is 87.5 cm³/mol. The van der Waals surface area contributed by atoms with Crippen LogP contribution in [0.5, 0.6) is 0 Å². The minimum absolute atomic E-state index is 0.0205. The summed E-state index contributed by atoms with van der Waals surface area (Å²) in [4.78, 5) is 10.7. The van der Waals surface area contributed by atoms with E-state index in [0.29, 0.717) is 0 Å². The van der Waals surface area contributed by atoms with E-state index < -0.39 is 5.97 Å². The molecule has 1 aromatic heterocycles. The molecular formula is C18H17N3O2. The van der Waals surface area contributed by atoms with Gasteiger partial charge < -0.3 is 5.11 Å². The molecule has 1 heterocycles. The zero-order valence-corrected chi connectivity index (χ0v) is 12.8. The lowest BCUT2D eigenvalue weighted by molar-refractivity contribution is -0.136. The summed E-state index contributed by atoms with van der Waals surface area (Å²) in [6.45, 7) is 2.12. The summed E-state index contributed by atoms with van der Waals surface area (Å²) in [6, 6.07) is 15.5. The first kappa shape index (κ1) is 15.0. The van der Waals surface area contributed by atoms with Crippen LogP contribution in [0.15, 0.2) is 54.7 Å². The molecule has 0 fully saturated rings. The highest BCUT2D eigenvalue weighted by Crippen LogP contribution is 2.19. The lowest BCUT2D eigenvalue weighted by Gasteiger charge is -2.02. The van der Waals surface area contributed by atoms with E-state index in [0.717, 1.165) is 28.9 Å². The van der Waals surface area contributed by atoms with Crippen LogP contribution in [0, 0.1) is 0 Å². The molecule has 0 saturated carbocycles. The molecule has 3 rings (SSSR count). The molecule has 0 unspecified atom stereocenters. The Balaban J connectivity index is 1.81. The minimum Gasteiger partial charge on any atom is -0.481 e. The van der Waals surface area contributed by atoms with Crippen LogP contribution < -0.4 is 0 Å². The maximum Gasteiger partial charge on any atom is 0.307 e. The summed E-state index contributed by atoms with van der Waals surface area (Å²) in [5, 5.41) is 17.1. The summed E-state index contributed by atoms with van der Waals surface area (Å²) in [7, 11) is 0. The van der Waals surface area contributed by atoms with Crippen molar-refractivity contribution in [3.8, 4) is 16.9 Å². The zero-order valence-electron chi connectivity index (χ0n) is 12.8. The lowest BCUT2D eigenvalue weighted by atomic mass is 10.1. The predicted octanol–water partition coefficient (Wildman–Crippen LogP) is 3.12. The summed E-state index contributed by atoms with van der Waals surface area (Å²) < 4.78 is 1.69. The van der Waals surface area contributed by atoms with Crippen molar-refractivity contribution in [3.63, 3.8) is 0 Å². The molecule has 0 saturated heterocycles. The van der Waals surface area contributed by atoms with Gasteiger partial charge in [-0.1, -0.05) is 48.5 Å². The number of benzene rings is 2. The van der Waals surface area contributed by atoms with Crippen LogP contribution in [-0.2, 0) is 17.6 Å². The van der Waals surface area contributed by atoms with Crippen molar-refractivity contribution in [2.45, 2.75) is 19.8 Å². The van der Waals surface area contributed by atoms with Gasteiger partial charge in [0.05, 0.1) is 18.3 Å². The first-order valence-corrected chi connectivity index (χ1v) is 7.48. The zero-order chi connectivity index (χ0) is 16.2. The van der Waals surface area contributed by atoms with Gasteiger partial charge in [-0.25, -0.2) is 4.68 Å². The third kappa shape index (κ3) is 3.45. The maximum absolute atomic E-state index is 10.7. The summed E-state index contributed by atoms with van der Waals surface area (Å²) in [6.07, 6.45) is 2.90. The van der Waals surface area contributed by atoms with Gasteiger partial charge in [-0.05, 0) is 29.7 Å². The summed E-state index contributed by atoms with van der Waals surface area (Å²) in [5.41, 5.74) is 4.73. The van der Waals surface area contributed by atoms with Gasteiger partial charge in [0.1, 0.15) is 5.69 Å². The van der Waals surface area contributed by atoms with Gasteiger partial charge in [0.2, 0.25) is 0 Å². The maximum atomic E-state index is 10.7. The third-order valence-corrected chi connectivity index (χ3v) is 3.71. The molecule has 0 aliphatic rings. The molecule has 0 bridgehead atoms. The van der Waals surface area contributed by atoms with Crippen molar-refractivity contribution in [3.05, 3.63) is 65.9 Å². The lowest BCUT2D eigenvalue weighted by Crippen LogP contribution is -2.00. The number of nitrogens with zero attached hydrogens (tertiary/aromatic N) is 3. The highest BCUT2D eigenvalue weighted by atomic mass is 16.4. The second kappa shape index (κ2) is 6.44. The summed E-state index contributed by atoms with van der Waals surface area (Å²) >= 11 is 0. The Morgan fingerprint density at radius 3 is 2.30 bits per heavy atom. The van der Waals surface area contributed by atoms with Crippen molar-refractivity contribution >= 4 is 5.97 Å². The fraction of sp³-hybridized carbons (Fsp3) is 0.167. The molecule has 1 N–H and O–H groups in total. The number of rotatable bonds is 5. The van der Waals surface area contributed by atoms with Crippen LogP contribution in [-0.4, -0.2) is 26.1 Å². The molecule has 0 radical (unpaired) electrons. The van der Waals surface area contributed by atoms with Gasteiger partial charge in [-0.3, -0.25) is 4.79 Å². The van der Waals surface area contributed by atoms with E-state index in [-0.39, 0.29) is 6.42 Å². The van der Waals surface area contributed by atoms with E-state index in [4.69, 9.17) is 5.11 Å². The molecule has 0 aliphatic carbocycles. The second-order valence-corrected chi connectivity index (χ2v) is 5.34. The summed E-state index contributed by atoms with van der Waals surface area (Å²) in [5.74, 6) is -0.837. The van der Waals surface area contributed by atoms with Gasteiger partial charge in [0.15, 0.2) is 0 Å². The Kier molecular flexibility index (Phi) is 4.19. The van der Waals surface area contributed by atoms with Crippen LogP contribution in [0.2, 0.25) is 0 Å². The largest absolute Gasteiger partial charge is 0.481 e. The normalized spacial score (nSPS) is 10.7. The minimum atomic E-state index is -0.837. The van der Waals surface area contributed by atoms with E-state index in [2.05, 4.69) is 29.4 Å². The van der Waals surface area contributed by atoms with Crippen LogP contribution in [0.4, 0.5) is 0 Å². The molecule has 0 atom stereocenters. The highest BCUT2D eigenvalue weighted by molar-refractivity contribution is 5.70. The van der Waals surface area contributed by atoms with Crippen LogP contribution in [0.25, 0.3) is 16.9 Å². The van der Waals surface area contributed by atoms with Gasteiger partial charge >= 0.3 is 5.97 Å². The topological polar surface area (TPSA) is 68.0 Å². The number of aryl methyl sites for hydroxylation is 1. The van der Waals surface area contributed by atoms with E-state index >= 15 is 0 Å². The van der Waals surface area contributed by atoms with Crippen LogP contribution in [0.1, 0.15) is 18.1 Å². The molecule has 0 aliphatic heterocycles. The number of hydrogen-bond acceptors (Lipinski definition) is 3. The molecule has 0 spiro atoms. The first-order valence-electron chi connectivity index (χ1n) is 7.48. The van der Waals surface area contributed by atoms with Gasteiger partial charge in [0, 0.05) is 5.56 Å². The number of hydrogen-bond donors (Lipinski definition) is 1. The Morgan fingerprint density at radius 2 is 1.70 bits per heavy atom. The number of carbonyl (C=O) groups is 1. The number of carboxylic acid groups (broad SMARTS) is 1. The average molecular weight is 307 g/mol. The van der Waals surface area contributed by atoms with Crippen molar-refractivity contribution < 1.29 is 9.90 Å². The van der Waals surface area contributed by atoms with Crippen molar-refractivity contribution in [1.82, 2.24) is 15.0 Å².